The molecule has 1 N–H and O–H groups in total. The van der Waals surface area contributed by atoms with Crippen LogP contribution in [0.2, 0.25) is 0 Å². The van der Waals surface area contributed by atoms with E-state index in [9.17, 15) is 0 Å². The summed E-state index contributed by atoms with van der Waals surface area (Å²) in [6.07, 6.45) is 0. The molecular formula is C22H19N5O. The Balaban J connectivity index is 1.63. The number of methoxy groups -OCH3 is 1. The first-order valence-corrected chi connectivity index (χ1v) is 9.11. The van der Waals surface area contributed by atoms with Gasteiger partial charge in [0.2, 0.25) is 11.7 Å². The molecule has 3 aromatic carbocycles. The number of para-hydroxylation sites is 2. The second-order valence-corrected chi connectivity index (χ2v) is 6.58. The summed E-state index contributed by atoms with van der Waals surface area (Å²) in [6, 6.07) is 26.4. The van der Waals surface area contributed by atoms with Crippen molar-refractivity contribution in [3.63, 3.8) is 0 Å². The maximum Gasteiger partial charge on any atom is 0.238 e. The Morgan fingerprint density at radius 1 is 0.857 bits per heavy atom. The van der Waals surface area contributed by atoms with Crippen molar-refractivity contribution < 1.29 is 4.74 Å². The molecule has 0 saturated carbocycles. The summed E-state index contributed by atoms with van der Waals surface area (Å²) >= 11 is 0. The zero-order valence-electron chi connectivity index (χ0n) is 15.4. The first-order valence-electron chi connectivity index (χ1n) is 9.11. The number of ether oxygens (including phenoxy) is 1. The van der Waals surface area contributed by atoms with Gasteiger partial charge in [-0.2, -0.15) is 0 Å². The van der Waals surface area contributed by atoms with Crippen LogP contribution < -0.4 is 10.1 Å². The normalized spacial score (nSPS) is 11.2. The van der Waals surface area contributed by atoms with Crippen LogP contribution in [-0.2, 0) is 6.54 Å². The van der Waals surface area contributed by atoms with Crippen LogP contribution in [-0.4, -0.2) is 26.3 Å². The third-order valence-electron chi connectivity index (χ3n) is 4.81. The number of nitrogens with zero attached hydrogens (tertiary/aromatic N) is 4. The molecule has 138 valence electrons. The van der Waals surface area contributed by atoms with Crippen LogP contribution in [0.15, 0.2) is 78.9 Å². The van der Waals surface area contributed by atoms with Gasteiger partial charge in [-0.25, -0.2) is 4.40 Å². The number of imidazole rings is 1. The molecule has 5 rings (SSSR count). The topological polar surface area (TPSA) is 56.4 Å². The molecule has 5 aromatic rings. The molecule has 6 nitrogen and oxygen atoms in total. The molecule has 2 heterocycles. The number of nitrogens with one attached hydrogen (secondary N) is 1. The van der Waals surface area contributed by atoms with Crippen molar-refractivity contribution in [1.29, 1.82) is 0 Å². The van der Waals surface area contributed by atoms with Gasteiger partial charge in [-0.1, -0.05) is 48.5 Å². The third kappa shape index (κ3) is 2.75. The molecule has 0 aliphatic heterocycles. The molecule has 0 saturated heterocycles. The van der Waals surface area contributed by atoms with Gasteiger partial charge in [0, 0.05) is 11.8 Å². The highest BCUT2D eigenvalue weighted by atomic mass is 16.5. The first kappa shape index (κ1) is 16.4. The van der Waals surface area contributed by atoms with E-state index in [0.29, 0.717) is 5.95 Å². The monoisotopic (exact) mass is 369 g/mol. The highest BCUT2D eigenvalue weighted by molar-refractivity contribution is 5.83. The van der Waals surface area contributed by atoms with Crippen molar-refractivity contribution in [2.24, 2.45) is 0 Å². The Kier molecular flexibility index (Phi) is 3.94. The van der Waals surface area contributed by atoms with Crippen LogP contribution in [0.3, 0.4) is 0 Å². The maximum absolute atomic E-state index is 5.32. The van der Waals surface area contributed by atoms with Crippen LogP contribution in [0.4, 0.5) is 11.6 Å². The average molecular weight is 369 g/mol. The smallest absolute Gasteiger partial charge is 0.238 e. The number of benzene rings is 3. The highest BCUT2D eigenvalue weighted by Gasteiger charge is 2.17. The van der Waals surface area contributed by atoms with E-state index in [0.717, 1.165) is 34.8 Å². The summed E-state index contributed by atoms with van der Waals surface area (Å²) in [5.74, 6) is 2.26. The van der Waals surface area contributed by atoms with E-state index < -0.39 is 0 Å². The van der Waals surface area contributed by atoms with Crippen molar-refractivity contribution in [1.82, 2.24) is 19.2 Å². The SMILES string of the molecule is COc1cccc(Nc2nnc3n(Cc4ccccc4)c4ccccc4n23)c1. The molecule has 28 heavy (non-hydrogen) atoms. The molecule has 0 amide bonds. The molecule has 0 bridgehead atoms. The summed E-state index contributed by atoms with van der Waals surface area (Å²) in [5.41, 5.74) is 4.29. The van der Waals surface area contributed by atoms with Gasteiger partial charge >= 0.3 is 0 Å². The lowest BCUT2D eigenvalue weighted by molar-refractivity contribution is 0.415. The molecule has 0 atom stereocenters. The molecule has 0 radical (unpaired) electrons. The summed E-state index contributed by atoms with van der Waals surface area (Å²) in [7, 11) is 1.66. The Bertz CT molecular complexity index is 1260. The van der Waals surface area contributed by atoms with E-state index in [1.54, 1.807) is 7.11 Å². The van der Waals surface area contributed by atoms with Gasteiger partial charge in [-0.15, -0.1) is 10.2 Å². The van der Waals surface area contributed by atoms with E-state index in [-0.39, 0.29) is 0 Å². The minimum Gasteiger partial charge on any atom is -0.497 e. The zero-order chi connectivity index (χ0) is 18.9. The fourth-order valence-corrected chi connectivity index (χ4v) is 3.49. The van der Waals surface area contributed by atoms with Gasteiger partial charge in [0.25, 0.3) is 0 Å². The van der Waals surface area contributed by atoms with E-state index in [1.165, 1.54) is 5.56 Å². The number of aromatic nitrogens is 4. The summed E-state index contributed by atoms with van der Waals surface area (Å²) in [5, 5.41) is 12.2. The number of rotatable bonds is 5. The Labute approximate surface area is 162 Å². The maximum atomic E-state index is 5.32. The minimum atomic E-state index is 0.672. The van der Waals surface area contributed by atoms with E-state index in [1.807, 2.05) is 42.5 Å². The van der Waals surface area contributed by atoms with E-state index in [2.05, 4.69) is 60.9 Å². The first-order chi connectivity index (χ1) is 13.8. The minimum absolute atomic E-state index is 0.672. The predicted molar refractivity (Wildman–Crippen MR) is 110 cm³/mol. The number of hydrogen-bond acceptors (Lipinski definition) is 4. The third-order valence-corrected chi connectivity index (χ3v) is 4.81. The summed E-state index contributed by atoms with van der Waals surface area (Å²) in [6.45, 7) is 0.731. The van der Waals surface area contributed by atoms with Crippen molar-refractivity contribution in [3.05, 3.63) is 84.4 Å². The Morgan fingerprint density at radius 3 is 2.46 bits per heavy atom. The Morgan fingerprint density at radius 2 is 1.64 bits per heavy atom. The largest absolute Gasteiger partial charge is 0.497 e. The lowest BCUT2D eigenvalue weighted by Gasteiger charge is -2.05. The van der Waals surface area contributed by atoms with Crippen molar-refractivity contribution >= 4 is 28.4 Å². The summed E-state index contributed by atoms with van der Waals surface area (Å²) in [4.78, 5) is 0. The molecule has 2 aromatic heterocycles. The Hall–Kier alpha value is -3.80. The molecular weight excluding hydrogens is 350 g/mol. The highest BCUT2D eigenvalue weighted by Crippen LogP contribution is 2.26. The van der Waals surface area contributed by atoms with E-state index >= 15 is 0 Å². The number of fused-ring (bicyclic) bond motifs is 3. The van der Waals surface area contributed by atoms with Crippen molar-refractivity contribution in [3.8, 4) is 5.75 Å². The molecule has 0 aliphatic carbocycles. The zero-order valence-corrected chi connectivity index (χ0v) is 15.4. The fourth-order valence-electron chi connectivity index (χ4n) is 3.49. The van der Waals surface area contributed by atoms with Gasteiger partial charge in [0.1, 0.15) is 5.75 Å². The second-order valence-electron chi connectivity index (χ2n) is 6.58. The van der Waals surface area contributed by atoms with Crippen LogP contribution >= 0.6 is 0 Å². The van der Waals surface area contributed by atoms with Gasteiger partial charge < -0.3 is 14.6 Å². The summed E-state index contributed by atoms with van der Waals surface area (Å²) < 4.78 is 9.56. The lowest BCUT2D eigenvalue weighted by atomic mass is 10.2. The van der Waals surface area contributed by atoms with Gasteiger partial charge in [-0.05, 0) is 29.8 Å². The number of hydrogen-bond donors (Lipinski definition) is 1. The predicted octanol–water partition coefficient (Wildman–Crippen LogP) is 4.48. The van der Waals surface area contributed by atoms with Crippen molar-refractivity contribution in [2.45, 2.75) is 6.54 Å². The average Bonchev–Trinajstić information content (AvgIpc) is 3.29. The van der Waals surface area contributed by atoms with Crippen LogP contribution in [0.25, 0.3) is 16.8 Å². The van der Waals surface area contributed by atoms with Gasteiger partial charge in [-0.3, -0.25) is 0 Å². The van der Waals surface area contributed by atoms with Gasteiger partial charge in [0.15, 0.2) is 0 Å². The van der Waals surface area contributed by atoms with Gasteiger partial charge in [0.05, 0.1) is 24.7 Å². The fraction of sp³-hybridized carbons (Fsp3) is 0.0909. The molecule has 0 spiro atoms. The lowest BCUT2D eigenvalue weighted by Crippen LogP contribution is -2.00. The van der Waals surface area contributed by atoms with E-state index in [4.69, 9.17) is 4.74 Å². The van der Waals surface area contributed by atoms with Crippen LogP contribution in [0.1, 0.15) is 5.56 Å². The number of anilines is 2. The molecule has 0 unspecified atom stereocenters. The molecule has 0 fully saturated rings. The molecule has 6 heteroatoms. The van der Waals surface area contributed by atoms with Crippen LogP contribution in [0.5, 0.6) is 5.75 Å². The second kappa shape index (κ2) is 6.74. The van der Waals surface area contributed by atoms with Crippen molar-refractivity contribution in [2.75, 3.05) is 12.4 Å². The molecule has 0 aliphatic rings. The standard InChI is InChI=1S/C22H19N5O/c1-28-18-11-7-10-17(14-18)23-21-24-25-22-26(15-16-8-3-2-4-9-16)19-12-5-6-13-20(19)27(21)22/h2-14H,15H2,1H3,(H,23,24). The van der Waals surface area contributed by atoms with Crippen LogP contribution in [0, 0.1) is 0 Å². The quantitative estimate of drug-likeness (QED) is 0.496.